The highest BCUT2D eigenvalue weighted by Gasteiger charge is 2.21. The number of carbonyl (C=O) groups is 1. The Kier molecular flexibility index (Phi) is 4.34. The molecule has 0 unspecified atom stereocenters. The Bertz CT molecular complexity index is 907. The van der Waals surface area contributed by atoms with E-state index < -0.39 is 0 Å². The summed E-state index contributed by atoms with van der Waals surface area (Å²) in [5.41, 5.74) is 3.49. The molecule has 126 valence electrons. The topological polar surface area (TPSA) is 51.2 Å². The maximum Gasteiger partial charge on any atom is 0.258 e. The third-order valence-electron chi connectivity index (χ3n) is 4.65. The molecule has 0 bridgehead atoms. The van der Waals surface area contributed by atoms with Crippen molar-refractivity contribution in [2.24, 2.45) is 0 Å². The van der Waals surface area contributed by atoms with E-state index in [1.54, 1.807) is 6.20 Å². The number of ether oxygens (including phenoxy) is 1. The second-order valence-corrected chi connectivity index (χ2v) is 6.36. The zero-order chi connectivity index (χ0) is 17.1. The molecule has 4 heteroatoms. The van der Waals surface area contributed by atoms with Crippen LogP contribution in [0.25, 0.3) is 10.9 Å². The van der Waals surface area contributed by atoms with E-state index in [-0.39, 0.29) is 18.6 Å². The van der Waals surface area contributed by atoms with Gasteiger partial charge in [-0.3, -0.25) is 9.78 Å². The number of benzene rings is 2. The first-order valence-electron chi connectivity index (χ1n) is 8.64. The van der Waals surface area contributed by atoms with Crippen LogP contribution < -0.4 is 10.1 Å². The lowest BCUT2D eigenvalue weighted by molar-refractivity contribution is -0.123. The third-order valence-corrected chi connectivity index (χ3v) is 4.65. The van der Waals surface area contributed by atoms with Crippen LogP contribution in [0.4, 0.5) is 0 Å². The minimum atomic E-state index is -0.0898. The number of hydrogen-bond donors (Lipinski definition) is 1. The van der Waals surface area contributed by atoms with Crippen LogP contribution >= 0.6 is 0 Å². The summed E-state index contributed by atoms with van der Waals surface area (Å²) in [6.45, 7) is 0.0183. The molecule has 4 nitrogen and oxygen atoms in total. The normalized spacial score (nSPS) is 16.2. The zero-order valence-electron chi connectivity index (χ0n) is 13.9. The van der Waals surface area contributed by atoms with E-state index in [9.17, 15) is 4.79 Å². The minimum Gasteiger partial charge on any atom is -0.484 e. The fourth-order valence-electron chi connectivity index (χ4n) is 3.43. The number of rotatable bonds is 4. The fraction of sp³-hybridized carbons (Fsp3) is 0.238. The number of nitrogens with one attached hydrogen (secondary N) is 1. The molecule has 0 saturated carbocycles. The van der Waals surface area contributed by atoms with Crippen molar-refractivity contribution < 1.29 is 9.53 Å². The monoisotopic (exact) mass is 332 g/mol. The molecule has 4 rings (SSSR count). The van der Waals surface area contributed by atoms with Gasteiger partial charge in [0.05, 0.1) is 11.6 Å². The fourth-order valence-corrected chi connectivity index (χ4v) is 3.43. The van der Waals surface area contributed by atoms with Crippen molar-refractivity contribution in [1.82, 2.24) is 10.3 Å². The molecular weight excluding hydrogens is 312 g/mol. The molecular formula is C21H20N2O2. The molecule has 0 fully saturated rings. The van der Waals surface area contributed by atoms with Crippen LogP contribution in [0.2, 0.25) is 0 Å². The van der Waals surface area contributed by atoms with Crippen LogP contribution in [0.3, 0.4) is 0 Å². The summed E-state index contributed by atoms with van der Waals surface area (Å²) >= 11 is 0. The Morgan fingerprint density at radius 2 is 2.08 bits per heavy atom. The lowest BCUT2D eigenvalue weighted by Crippen LogP contribution is -2.34. The maximum absolute atomic E-state index is 12.3. The van der Waals surface area contributed by atoms with Gasteiger partial charge in [-0.1, -0.05) is 30.3 Å². The number of hydrogen-bond acceptors (Lipinski definition) is 3. The van der Waals surface area contributed by atoms with Crippen LogP contribution in [-0.4, -0.2) is 17.5 Å². The van der Waals surface area contributed by atoms with Gasteiger partial charge in [0.15, 0.2) is 6.61 Å². The van der Waals surface area contributed by atoms with Crippen molar-refractivity contribution in [1.29, 1.82) is 0 Å². The van der Waals surface area contributed by atoms with Gasteiger partial charge in [0.2, 0.25) is 0 Å². The molecule has 0 spiro atoms. The number of amides is 1. The van der Waals surface area contributed by atoms with Gasteiger partial charge in [-0.2, -0.15) is 0 Å². The molecule has 1 aliphatic carbocycles. The van der Waals surface area contributed by atoms with Crippen LogP contribution in [0.1, 0.15) is 30.0 Å². The van der Waals surface area contributed by atoms with E-state index in [2.05, 4.69) is 28.5 Å². The van der Waals surface area contributed by atoms with E-state index in [1.807, 2.05) is 36.4 Å². The van der Waals surface area contributed by atoms with Gasteiger partial charge in [0.25, 0.3) is 5.91 Å². The average molecular weight is 332 g/mol. The predicted molar refractivity (Wildman–Crippen MR) is 97.5 cm³/mol. The second-order valence-electron chi connectivity index (χ2n) is 6.36. The lowest BCUT2D eigenvalue weighted by atomic mass is 9.88. The Hall–Kier alpha value is -2.88. The molecule has 1 atom stereocenters. The standard InChI is InChI=1S/C21H20N2O2/c24-21(23-20-9-3-6-15-5-1-2-8-18(15)20)14-25-17-10-11-19-16(13-17)7-4-12-22-19/h1-2,4-5,7-8,10-13,20H,3,6,9,14H2,(H,23,24)/t20-/m0/s1. The molecule has 2 aromatic carbocycles. The SMILES string of the molecule is O=C(COc1ccc2ncccc2c1)N[C@H]1CCCc2ccccc21. The van der Waals surface area contributed by atoms with Gasteiger partial charge in [0, 0.05) is 11.6 Å². The van der Waals surface area contributed by atoms with E-state index in [1.165, 1.54) is 11.1 Å². The van der Waals surface area contributed by atoms with Gasteiger partial charge in [0.1, 0.15) is 5.75 Å². The smallest absolute Gasteiger partial charge is 0.258 e. The maximum atomic E-state index is 12.3. The van der Waals surface area contributed by atoms with Crippen molar-refractivity contribution in [3.63, 3.8) is 0 Å². The Balaban J connectivity index is 1.39. The number of fused-ring (bicyclic) bond motifs is 2. The molecule has 1 aliphatic rings. The van der Waals surface area contributed by atoms with Crippen LogP contribution in [0, 0.1) is 0 Å². The van der Waals surface area contributed by atoms with Crippen molar-refractivity contribution >= 4 is 16.8 Å². The molecule has 1 amide bonds. The summed E-state index contributed by atoms with van der Waals surface area (Å²) < 4.78 is 5.67. The molecule has 25 heavy (non-hydrogen) atoms. The highest BCUT2D eigenvalue weighted by molar-refractivity contribution is 5.80. The molecule has 1 aromatic heterocycles. The van der Waals surface area contributed by atoms with Crippen LogP contribution in [0.15, 0.2) is 60.8 Å². The molecule has 3 aromatic rings. The summed E-state index contributed by atoms with van der Waals surface area (Å²) in [5.74, 6) is 0.590. The van der Waals surface area contributed by atoms with E-state index in [0.29, 0.717) is 5.75 Å². The summed E-state index contributed by atoms with van der Waals surface area (Å²) in [6.07, 6.45) is 4.92. The van der Waals surface area contributed by atoms with Crippen LogP contribution in [-0.2, 0) is 11.2 Å². The Labute approximate surface area is 146 Å². The van der Waals surface area contributed by atoms with E-state index in [4.69, 9.17) is 4.74 Å². The highest BCUT2D eigenvalue weighted by Crippen LogP contribution is 2.29. The summed E-state index contributed by atoms with van der Waals surface area (Å²) in [4.78, 5) is 16.6. The molecule has 1 N–H and O–H groups in total. The van der Waals surface area contributed by atoms with E-state index >= 15 is 0 Å². The van der Waals surface area contributed by atoms with Crippen molar-refractivity contribution in [3.8, 4) is 5.75 Å². The first kappa shape index (κ1) is 15.6. The van der Waals surface area contributed by atoms with Crippen molar-refractivity contribution in [2.45, 2.75) is 25.3 Å². The second kappa shape index (κ2) is 6.93. The lowest BCUT2D eigenvalue weighted by Gasteiger charge is -2.26. The molecule has 0 saturated heterocycles. The van der Waals surface area contributed by atoms with Gasteiger partial charge in [-0.15, -0.1) is 0 Å². The number of nitrogens with zero attached hydrogens (tertiary/aromatic N) is 1. The molecule has 0 radical (unpaired) electrons. The van der Waals surface area contributed by atoms with Gasteiger partial charge in [-0.25, -0.2) is 0 Å². The summed E-state index contributed by atoms with van der Waals surface area (Å²) in [6, 6.07) is 18.0. The van der Waals surface area contributed by atoms with Crippen molar-refractivity contribution in [3.05, 3.63) is 71.9 Å². The Morgan fingerprint density at radius 3 is 3.04 bits per heavy atom. The third kappa shape index (κ3) is 3.48. The average Bonchev–Trinajstić information content (AvgIpc) is 2.66. The summed E-state index contributed by atoms with van der Waals surface area (Å²) in [7, 11) is 0. The first-order chi connectivity index (χ1) is 12.3. The van der Waals surface area contributed by atoms with Gasteiger partial charge >= 0.3 is 0 Å². The summed E-state index contributed by atoms with van der Waals surface area (Å²) in [5, 5.41) is 4.11. The number of aromatic nitrogens is 1. The predicted octanol–water partition coefficient (Wildman–Crippen LogP) is 3.81. The highest BCUT2D eigenvalue weighted by atomic mass is 16.5. The van der Waals surface area contributed by atoms with E-state index in [0.717, 1.165) is 30.2 Å². The van der Waals surface area contributed by atoms with Gasteiger partial charge < -0.3 is 10.1 Å². The van der Waals surface area contributed by atoms with Crippen LogP contribution in [0.5, 0.6) is 5.75 Å². The number of carbonyl (C=O) groups excluding carboxylic acids is 1. The minimum absolute atomic E-state index is 0.0183. The quantitative estimate of drug-likeness (QED) is 0.790. The first-order valence-corrected chi connectivity index (χ1v) is 8.64. The van der Waals surface area contributed by atoms with Gasteiger partial charge in [-0.05, 0) is 54.7 Å². The van der Waals surface area contributed by atoms with Crippen molar-refractivity contribution in [2.75, 3.05) is 6.61 Å². The molecule has 1 heterocycles. The Morgan fingerprint density at radius 1 is 1.16 bits per heavy atom. The number of aryl methyl sites for hydroxylation is 1. The zero-order valence-corrected chi connectivity index (χ0v) is 13.9. The largest absolute Gasteiger partial charge is 0.484 e. The molecule has 0 aliphatic heterocycles. The number of pyridine rings is 1.